The van der Waals surface area contributed by atoms with Crippen LogP contribution in [0.3, 0.4) is 0 Å². The van der Waals surface area contributed by atoms with Crippen LogP contribution >= 0.6 is 23.2 Å². The van der Waals surface area contributed by atoms with E-state index < -0.39 is 36.4 Å². The first-order valence-electron chi connectivity index (χ1n) is 13.3. The molecule has 1 aromatic heterocycles. The van der Waals surface area contributed by atoms with Gasteiger partial charge >= 0.3 is 6.10 Å². The minimum atomic E-state index is -3.31. The monoisotopic (exact) mass is 652 g/mol. The fraction of sp³-hybridized carbons (Fsp3) is 0.172. The molecule has 5 rings (SSSR count). The van der Waals surface area contributed by atoms with E-state index in [4.69, 9.17) is 44.3 Å². The Kier molecular flexibility index (Phi) is 9.13. The van der Waals surface area contributed by atoms with Crippen molar-refractivity contribution in [2.75, 3.05) is 29.0 Å². The summed E-state index contributed by atoms with van der Waals surface area (Å²) < 4.78 is 1.36. The SMILES string of the molecule is Nc1ccc(NC(=O)C(Cc2ccccc2)N2CC(=O)N(c3cc(Cl)ccc3-n3cc(Cl)nn3)CC2=O)cc1C=NC(O)(O)O. The molecule has 0 spiro atoms. The van der Waals surface area contributed by atoms with Crippen molar-refractivity contribution in [3.05, 3.63) is 94.2 Å². The van der Waals surface area contributed by atoms with Crippen molar-refractivity contribution in [2.45, 2.75) is 18.6 Å². The van der Waals surface area contributed by atoms with Gasteiger partial charge in [0, 0.05) is 34.6 Å². The van der Waals surface area contributed by atoms with E-state index in [1.807, 2.05) is 6.07 Å². The van der Waals surface area contributed by atoms with Gasteiger partial charge < -0.3 is 31.3 Å². The van der Waals surface area contributed by atoms with Crippen LogP contribution in [0.5, 0.6) is 0 Å². The third-order valence-corrected chi connectivity index (χ3v) is 7.25. The van der Waals surface area contributed by atoms with Crippen LogP contribution in [0.25, 0.3) is 5.69 Å². The zero-order chi connectivity index (χ0) is 32.3. The average Bonchev–Trinajstić information content (AvgIpc) is 3.43. The summed E-state index contributed by atoms with van der Waals surface area (Å²) in [6.45, 7) is -0.806. The maximum atomic E-state index is 13.8. The summed E-state index contributed by atoms with van der Waals surface area (Å²) in [5.74, 6) is -1.56. The van der Waals surface area contributed by atoms with Crippen molar-refractivity contribution in [3.63, 3.8) is 0 Å². The first kappa shape index (κ1) is 31.6. The Bertz CT molecular complexity index is 1780. The Morgan fingerprint density at radius 1 is 1.02 bits per heavy atom. The van der Waals surface area contributed by atoms with Crippen molar-refractivity contribution < 1.29 is 29.7 Å². The number of aliphatic imine (C=N–C) groups is 1. The number of rotatable bonds is 9. The fourth-order valence-corrected chi connectivity index (χ4v) is 5.03. The molecule has 1 unspecified atom stereocenters. The molecule has 16 heteroatoms. The van der Waals surface area contributed by atoms with Crippen LogP contribution in [0.4, 0.5) is 17.1 Å². The number of anilines is 3. The van der Waals surface area contributed by atoms with Crippen molar-refractivity contribution in [1.82, 2.24) is 19.9 Å². The van der Waals surface area contributed by atoms with Crippen LogP contribution in [0, 0.1) is 0 Å². The van der Waals surface area contributed by atoms with Gasteiger partial charge in [0.1, 0.15) is 19.1 Å². The molecular formula is C29H26Cl2N8O6. The van der Waals surface area contributed by atoms with Crippen molar-refractivity contribution in [3.8, 4) is 5.69 Å². The predicted octanol–water partition coefficient (Wildman–Crippen LogP) is 1.59. The maximum Gasteiger partial charge on any atom is 0.387 e. The number of nitrogens with one attached hydrogen (secondary N) is 1. The molecule has 0 aliphatic carbocycles. The highest BCUT2D eigenvalue weighted by atomic mass is 35.5. The third-order valence-electron chi connectivity index (χ3n) is 6.84. The number of aliphatic hydroxyl groups is 3. The van der Waals surface area contributed by atoms with Gasteiger partial charge in [0.15, 0.2) is 5.15 Å². The lowest BCUT2D eigenvalue weighted by molar-refractivity contribution is -0.304. The molecule has 1 aliphatic heterocycles. The van der Waals surface area contributed by atoms with Crippen molar-refractivity contribution in [2.24, 2.45) is 4.99 Å². The number of carbonyl (C=O) groups is 3. The topological polar surface area (TPSA) is 199 Å². The van der Waals surface area contributed by atoms with E-state index in [1.165, 1.54) is 44.9 Å². The molecule has 45 heavy (non-hydrogen) atoms. The number of amides is 3. The number of nitrogens with zero attached hydrogens (tertiary/aromatic N) is 6. The fourth-order valence-electron chi connectivity index (χ4n) is 4.73. The summed E-state index contributed by atoms with van der Waals surface area (Å²) in [5.41, 5.74) is 7.95. The van der Waals surface area contributed by atoms with Gasteiger partial charge in [0.25, 0.3) is 0 Å². The second-order valence-electron chi connectivity index (χ2n) is 10.0. The van der Waals surface area contributed by atoms with Gasteiger partial charge in [0.05, 0.1) is 17.6 Å². The number of hydrogen-bond donors (Lipinski definition) is 5. The van der Waals surface area contributed by atoms with E-state index in [-0.39, 0.29) is 35.1 Å². The van der Waals surface area contributed by atoms with Gasteiger partial charge in [-0.2, -0.15) is 0 Å². The minimum absolute atomic E-state index is 0.0942. The zero-order valence-corrected chi connectivity index (χ0v) is 24.8. The van der Waals surface area contributed by atoms with E-state index in [9.17, 15) is 14.4 Å². The maximum absolute atomic E-state index is 13.8. The molecule has 0 saturated carbocycles. The van der Waals surface area contributed by atoms with E-state index in [2.05, 4.69) is 20.6 Å². The molecule has 1 atom stereocenters. The van der Waals surface area contributed by atoms with E-state index in [0.29, 0.717) is 16.4 Å². The summed E-state index contributed by atoms with van der Waals surface area (Å²) in [5, 5.41) is 38.2. The minimum Gasteiger partial charge on any atom is -0.398 e. The molecule has 1 fully saturated rings. The van der Waals surface area contributed by atoms with Gasteiger partial charge in [-0.1, -0.05) is 58.7 Å². The van der Waals surface area contributed by atoms with Crippen molar-refractivity contribution >= 4 is 64.2 Å². The van der Waals surface area contributed by atoms with Gasteiger partial charge in [-0.25, -0.2) is 9.67 Å². The number of piperazine rings is 1. The van der Waals surface area contributed by atoms with Gasteiger partial charge in [-0.3, -0.25) is 19.3 Å². The third kappa shape index (κ3) is 7.63. The number of carbonyl (C=O) groups excluding carboxylic acids is 3. The van der Waals surface area contributed by atoms with Crippen LogP contribution in [-0.2, 0) is 20.8 Å². The summed E-state index contributed by atoms with van der Waals surface area (Å²) in [7, 11) is 0. The Hall–Kier alpha value is -4.86. The predicted molar refractivity (Wildman–Crippen MR) is 166 cm³/mol. The highest BCUT2D eigenvalue weighted by Gasteiger charge is 2.39. The second-order valence-corrected chi connectivity index (χ2v) is 10.8. The highest BCUT2D eigenvalue weighted by molar-refractivity contribution is 6.31. The van der Waals surface area contributed by atoms with Gasteiger partial charge in [-0.05, 0) is 42.0 Å². The molecule has 14 nitrogen and oxygen atoms in total. The van der Waals surface area contributed by atoms with E-state index in [0.717, 1.165) is 11.8 Å². The lowest BCUT2D eigenvalue weighted by atomic mass is 10.0. The Morgan fingerprint density at radius 3 is 2.47 bits per heavy atom. The molecule has 0 radical (unpaired) electrons. The number of nitrogen functional groups attached to an aromatic ring is 1. The molecule has 4 aromatic rings. The molecule has 1 aliphatic rings. The Balaban J connectivity index is 1.43. The highest BCUT2D eigenvalue weighted by Crippen LogP contribution is 2.30. The number of aromatic nitrogens is 3. The molecule has 232 valence electrons. The molecule has 3 aromatic carbocycles. The van der Waals surface area contributed by atoms with Gasteiger partial charge in [-0.15, -0.1) is 5.10 Å². The lowest BCUT2D eigenvalue weighted by Crippen LogP contribution is -2.60. The molecule has 0 bridgehead atoms. The number of hydrogen-bond acceptors (Lipinski definition) is 10. The molecule has 6 N–H and O–H groups in total. The van der Waals surface area contributed by atoms with E-state index >= 15 is 0 Å². The summed E-state index contributed by atoms with van der Waals surface area (Å²) >= 11 is 12.2. The van der Waals surface area contributed by atoms with Crippen LogP contribution in [0.15, 0.2) is 77.9 Å². The first-order valence-corrected chi connectivity index (χ1v) is 14.1. The van der Waals surface area contributed by atoms with Crippen LogP contribution < -0.4 is 16.0 Å². The lowest BCUT2D eigenvalue weighted by Gasteiger charge is -2.38. The Morgan fingerprint density at radius 2 is 1.78 bits per heavy atom. The molecular weight excluding hydrogens is 627 g/mol. The second kappa shape index (κ2) is 13.0. The normalized spacial score (nSPS) is 14.7. The molecule has 3 amide bonds. The smallest absolute Gasteiger partial charge is 0.387 e. The number of nitrogens with two attached hydrogens (primary N) is 1. The zero-order valence-electron chi connectivity index (χ0n) is 23.3. The summed E-state index contributed by atoms with van der Waals surface area (Å²) in [6.07, 6.45) is -0.850. The number of halogens is 2. The summed E-state index contributed by atoms with van der Waals surface area (Å²) in [6, 6.07) is 17.0. The quantitative estimate of drug-likeness (QED) is 0.101. The van der Waals surface area contributed by atoms with Gasteiger partial charge in [0.2, 0.25) is 17.7 Å². The Labute approximate surface area is 265 Å². The largest absolute Gasteiger partial charge is 0.398 e. The first-order chi connectivity index (χ1) is 21.4. The standard InChI is InChI=1S/C29H26Cl2N8O6/c30-19-6-9-22(39-14-25(31)35-36-39)23(12-19)37-15-27(41)38(16-26(37)40)24(10-17-4-2-1-3-5-17)28(42)34-20-7-8-21(32)18(11-20)13-33-29(43,44)45/h1-9,11-14,24,43-45H,10,15-16,32H2,(H,34,42). The van der Waals surface area contributed by atoms with Crippen LogP contribution in [0.1, 0.15) is 11.1 Å². The van der Waals surface area contributed by atoms with E-state index in [1.54, 1.807) is 36.4 Å². The summed E-state index contributed by atoms with van der Waals surface area (Å²) in [4.78, 5) is 46.7. The molecule has 2 heterocycles. The van der Waals surface area contributed by atoms with Crippen LogP contribution in [0.2, 0.25) is 10.2 Å². The number of benzene rings is 3. The van der Waals surface area contributed by atoms with Crippen molar-refractivity contribution in [1.29, 1.82) is 0 Å². The van der Waals surface area contributed by atoms with Crippen LogP contribution in [-0.4, -0.2) is 84.4 Å². The average molecular weight is 653 g/mol. The molecule has 1 saturated heterocycles.